The minimum Gasteiger partial charge on any atom is -0.444 e. The van der Waals surface area contributed by atoms with Crippen molar-refractivity contribution in [3.8, 4) is 11.8 Å². The number of para-hydroxylation sites is 1. The molecule has 2 aromatic carbocycles. The smallest absolute Gasteiger partial charge is 0.410 e. The zero-order valence-corrected chi connectivity index (χ0v) is 22.9. The molecule has 2 aromatic heterocycles. The van der Waals surface area contributed by atoms with E-state index in [0.29, 0.717) is 13.1 Å². The highest BCUT2D eigenvalue weighted by Crippen LogP contribution is 2.31. The average Bonchev–Trinajstić information content (AvgIpc) is 2.84. The molecule has 198 valence electrons. The number of fused-ring (bicyclic) bond motifs is 1. The molecule has 1 amide bonds. The number of hydrogen-bond donors (Lipinski definition) is 1. The summed E-state index contributed by atoms with van der Waals surface area (Å²) < 4.78 is 6.66. The molecule has 11 heteroatoms. The van der Waals surface area contributed by atoms with Gasteiger partial charge >= 0.3 is 6.09 Å². The van der Waals surface area contributed by atoms with Gasteiger partial charge in [-0.2, -0.15) is 5.26 Å². The Morgan fingerprint density at radius 3 is 2.41 bits per heavy atom. The minimum atomic E-state index is -0.520. The molecule has 0 atom stereocenters. The third kappa shape index (κ3) is 5.39. The fraction of sp³-hybridized carbons (Fsp3) is 0.250. The lowest BCUT2D eigenvalue weighted by molar-refractivity contribution is 0.00819. The van der Waals surface area contributed by atoms with E-state index in [2.05, 4.69) is 21.4 Å². The van der Waals surface area contributed by atoms with Gasteiger partial charge in [0.1, 0.15) is 17.2 Å². The Bertz CT molecular complexity index is 1660. The Hall–Kier alpha value is -4.13. The number of likely N-dealkylation sites (tertiary alicyclic amines) is 1. The van der Waals surface area contributed by atoms with Crippen molar-refractivity contribution in [1.29, 1.82) is 5.26 Å². The van der Waals surface area contributed by atoms with Crippen molar-refractivity contribution in [2.24, 2.45) is 0 Å². The van der Waals surface area contributed by atoms with Gasteiger partial charge in [0, 0.05) is 37.1 Å². The molecule has 0 radical (unpaired) electrons. The molecule has 0 bridgehead atoms. The quantitative estimate of drug-likeness (QED) is 0.322. The lowest BCUT2D eigenvalue weighted by Gasteiger charge is -2.40. The molecule has 3 heterocycles. The summed E-state index contributed by atoms with van der Waals surface area (Å²) >= 11 is 12.6. The average molecular weight is 563 g/mol. The summed E-state index contributed by atoms with van der Waals surface area (Å²) in [7, 11) is 0. The van der Waals surface area contributed by atoms with Crippen LogP contribution in [0.5, 0.6) is 0 Å². The Labute approximate surface area is 234 Å². The summed E-state index contributed by atoms with van der Waals surface area (Å²) in [6.45, 7) is 6.75. The number of ether oxygens (including phenoxy) is 1. The fourth-order valence-electron chi connectivity index (χ4n) is 4.28. The molecule has 1 N–H and O–H groups in total. The second kappa shape index (κ2) is 10.2. The van der Waals surface area contributed by atoms with Gasteiger partial charge < -0.3 is 15.0 Å². The van der Waals surface area contributed by atoms with Gasteiger partial charge in [0.25, 0.3) is 5.56 Å². The number of nitrogens with one attached hydrogen (secondary N) is 1. The predicted octanol–water partition coefficient (Wildman–Crippen LogP) is 6.04. The summed E-state index contributed by atoms with van der Waals surface area (Å²) in [6.07, 6.45) is 2.45. The van der Waals surface area contributed by atoms with E-state index in [4.69, 9.17) is 27.9 Å². The largest absolute Gasteiger partial charge is 0.444 e. The SMILES string of the molecule is CC(C)(C)OC(=O)N1CC(c2ccc(Nc3ncc4c(=O)n(-c5c(Cl)cccc5Cl)cc(C#N)c4n3)cc2)C1. The van der Waals surface area contributed by atoms with Gasteiger partial charge in [-0.25, -0.2) is 14.8 Å². The highest BCUT2D eigenvalue weighted by Gasteiger charge is 2.34. The van der Waals surface area contributed by atoms with E-state index in [-0.39, 0.29) is 50.2 Å². The highest BCUT2D eigenvalue weighted by molar-refractivity contribution is 6.37. The number of benzene rings is 2. The first-order valence-corrected chi connectivity index (χ1v) is 12.9. The van der Waals surface area contributed by atoms with Gasteiger partial charge in [0.2, 0.25) is 5.95 Å². The van der Waals surface area contributed by atoms with Crippen LogP contribution in [-0.4, -0.2) is 44.2 Å². The van der Waals surface area contributed by atoms with Crippen LogP contribution >= 0.6 is 23.2 Å². The van der Waals surface area contributed by atoms with E-state index >= 15 is 0 Å². The number of nitrogens with zero attached hydrogens (tertiary/aromatic N) is 5. The van der Waals surface area contributed by atoms with E-state index in [1.165, 1.54) is 17.0 Å². The standard InChI is InChI=1S/C28H24Cl2N6O3/c1-28(2,3)39-27(38)35-13-18(14-35)16-7-9-19(10-8-16)33-26-32-12-20-23(34-26)17(11-31)15-36(25(20)37)24-21(29)5-4-6-22(24)30/h4-10,12,15,18H,13-14H2,1-3H3,(H,32,33,34). The minimum absolute atomic E-state index is 0.158. The molecule has 0 spiro atoms. The summed E-state index contributed by atoms with van der Waals surface area (Å²) in [5.41, 5.74) is 1.53. The monoisotopic (exact) mass is 562 g/mol. The van der Waals surface area contributed by atoms with Gasteiger partial charge in [-0.05, 0) is 50.6 Å². The first-order chi connectivity index (χ1) is 18.5. The third-order valence-electron chi connectivity index (χ3n) is 6.22. The van der Waals surface area contributed by atoms with Crippen molar-refractivity contribution < 1.29 is 9.53 Å². The van der Waals surface area contributed by atoms with Crippen LogP contribution in [0.15, 0.2) is 59.7 Å². The number of rotatable bonds is 4. The van der Waals surface area contributed by atoms with Gasteiger partial charge in [-0.15, -0.1) is 0 Å². The van der Waals surface area contributed by atoms with Gasteiger partial charge in [-0.3, -0.25) is 9.36 Å². The van der Waals surface area contributed by atoms with Crippen LogP contribution in [0.4, 0.5) is 16.4 Å². The number of halogens is 2. The van der Waals surface area contributed by atoms with Crippen LogP contribution in [-0.2, 0) is 4.74 Å². The van der Waals surface area contributed by atoms with Crippen LogP contribution < -0.4 is 10.9 Å². The van der Waals surface area contributed by atoms with Crippen molar-refractivity contribution in [3.05, 3.63) is 86.4 Å². The molecule has 5 rings (SSSR count). The lowest BCUT2D eigenvalue weighted by Crippen LogP contribution is -2.50. The number of amides is 1. The first-order valence-electron chi connectivity index (χ1n) is 12.2. The molecular formula is C28H24Cl2N6O3. The number of nitriles is 1. The Balaban J connectivity index is 1.34. The number of carbonyl (C=O) groups is 1. The van der Waals surface area contributed by atoms with Crippen molar-refractivity contribution in [2.45, 2.75) is 32.3 Å². The van der Waals surface area contributed by atoms with E-state index in [1.54, 1.807) is 23.1 Å². The maximum atomic E-state index is 13.2. The van der Waals surface area contributed by atoms with E-state index < -0.39 is 11.2 Å². The normalized spacial score (nSPS) is 13.6. The van der Waals surface area contributed by atoms with Gasteiger partial charge in [0.15, 0.2) is 0 Å². The number of anilines is 2. The van der Waals surface area contributed by atoms with E-state index in [1.807, 2.05) is 45.0 Å². The molecule has 0 saturated carbocycles. The highest BCUT2D eigenvalue weighted by atomic mass is 35.5. The summed E-state index contributed by atoms with van der Waals surface area (Å²) in [5, 5.41) is 13.6. The second-order valence-corrected chi connectivity index (χ2v) is 11.0. The first kappa shape index (κ1) is 26.5. The summed E-state index contributed by atoms with van der Waals surface area (Å²) in [6, 6.07) is 14.7. The van der Waals surface area contributed by atoms with Gasteiger partial charge in [0.05, 0.1) is 26.7 Å². The van der Waals surface area contributed by atoms with Crippen LogP contribution in [0.2, 0.25) is 10.0 Å². The molecule has 1 aliphatic rings. The Kier molecular flexibility index (Phi) is 6.93. The molecule has 0 aliphatic carbocycles. The van der Waals surface area contributed by atoms with Crippen LogP contribution in [0, 0.1) is 11.3 Å². The number of aromatic nitrogens is 3. The van der Waals surface area contributed by atoms with Crippen LogP contribution in [0.25, 0.3) is 16.6 Å². The maximum absolute atomic E-state index is 13.2. The fourth-order valence-corrected chi connectivity index (χ4v) is 4.86. The predicted molar refractivity (Wildman–Crippen MR) is 150 cm³/mol. The molecule has 1 aliphatic heterocycles. The van der Waals surface area contributed by atoms with Crippen molar-refractivity contribution in [3.63, 3.8) is 0 Å². The molecule has 0 unspecified atom stereocenters. The van der Waals surface area contributed by atoms with E-state index in [9.17, 15) is 14.9 Å². The number of carbonyl (C=O) groups excluding carboxylic acids is 1. The van der Waals surface area contributed by atoms with Crippen molar-refractivity contribution in [2.75, 3.05) is 18.4 Å². The second-order valence-electron chi connectivity index (χ2n) is 10.2. The maximum Gasteiger partial charge on any atom is 0.410 e. The third-order valence-corrected chi connectivity index (χ3v) is 6.83. The topological polar surface area (TPSA) is 113 Å². The van der Waals surface area contributed by atoms with Crippen LogP contribution in [0.1, 0.15) is 37.8 Å². The lowest BCUT2D eigenvalue weighted by atomic mass is 9.92. The van der Waals surface area contributed by atoms with Crippen molar-refractivity contribution in [1.82, 2.24) is 19.4 Å². The zero-order chi connectivity index (χ0) is 27.9. The molecule has 9 nitrogen and oxygen atoms in total. The van der Waals surface area contributed by atoms with Crippen LogP contribution in [0.3, 0.4) is 0 Å². The molecule has 39 heavy (non-hydrogen) atoms. The molecule has 1 saturated heterocycles. The zero-order valence-electron chi connectivity index (χ0n) is 21.4. The van der Waals surface area contributed by atoms with Crippen molar-refractivity contribution >= 4 is 51.8 Å². The Morgan fingerprint density at radius 1 is 1.13 bits per heavy atom. The number of pyridine rings is 1. The van der Waals surface area contributed by atoms with Gasteiger partial charge in [-0.1, -0.05) is 41.4 Å². The van der Waals surface area contributed by atoms with E-state index in [0.717, 1.165) is 11.3 Å². The molecule has 4 aromatic rings. The summed E-state index contributed by atoms with van der Waals surface area (Å²) in [5.74, 6) is 0.467. The molecule has 1 fully saturated rings. The Morgan fingerprint density at radius 2 is 1.79 bits per heavy atom. The number of hydrogen-bond acceptors (Lipinski definition) is 7. The molecular weight excluding hydrogens is 539 g/mol. The summed E-state index contributed by atoms with van der Waals surface area (Å²) in [4.78, 5) is 35.8.